The summed E-state index contributed by atoms with van der Waals surface area (Å²) in [5, 5.41) is 0. The van der Waals surface area contributed by atoms with E-state index in [2.05, 4.69) is 32.7 Å². The molecule has 1 saturated heterocycles. The summed E-state index contributed by atoms with van der Waals surface area (Å²) in [4.78, 5) is 2.45. The molecule has 2 heteroatoms. The summed E-state index contributed by atoms with van der Waals surface area (Å²) >= 11 is 0. The molecule has 15 heavy (non-hydrogen) atoms. The van der Waals surface area contributed by atoms with E-state index in [-0.39, 0.29) is 0 Å². The maximum atomic E-state index is 5.97. The minimum Gasteiger partial charge on any atom is -0.376 e. The lowest BCUT2D eigenvalue weighted by Crippen LogP contribution is -2.42. The molecule has 0 spiro atoms. The Morgan fingerprint density at radius 1 is 1.33 bits per heavy atom. The van der Waals surface area contributed by atoms with Gasteiger partial charge in [-0.15, -0.1) is 0 Å². The monoisotopic (exact) mass is 213 g/mol. The summed E-state index contributed by atoms with van der Waals surface area (Å²) in [5.74, 6) is 0.724. The number of nitrogens with zero attached hydrogens (tertiary/aromatic N) is 1. The van der Waals surface area contributed by atoms with E-state index in [0.29, 0.717) is 12.1 Å². The van der Waals surface area contributed by atoms with Crippen molar-refractivity contribution in [3.63, 3.8) is 0 Å². The highest BCUT2D eigenvalue weighted by atomic mass is 16.5. The molecular weight excluding hydrogens is 186 g/mol. The quantitative estimate of drug-likeness (QED) is 0.696. The Morgan fingerprint density at radius 2 is 2.07 bits per heavy atom. The summed E-state index contributed by atoms with van der Waals surface area (Å²) in [6.07, 6.45) is 5.54. The van der Waals surface area contributed by atoms with Crippen LogP contribution >= 0.6 is 0 Å². The Labute approximate surface area is 95.0 Å². The summed E-state index contributed by atoms with van der Waals surface area (Å²) in [6, 6.07) is 0.658. The standard InChI is InChI=1S/C13H27NO/c1-5-9-14(4)12-7-8-13(15-10-12)11(3)6-2/h11-13H,5-10H2,1-4H3/t11?,12-,13+/m1/s1. The zero-order valence-corrected chi connectivity index (χ0v) is 10.8. The van der Waals surface area contributed by atoms with Gasteiger partial charge in [0.15, 0.2) is 0 Å². The van der Waals surface area contributed by atoms with E-state index in [1.807, 2.05) is 0 Å². The minimum atomic E-state index is 0.515. The van der Waals surface area contributed by atoms with Crippen molar-refractivity contribution in [1.82, 2.24) is 4.90 Å². The molecule has 1 fully saturated rings. The molecule has 1 unspecified atom stereocenters. The van der Waals surface area contributed by atoms with E-state index >= 15 is 0 Å². The van der Waals surface area contributed by atoms with Crippen molar-refractivity contribution in [2.24, 2.45) is 5.92 Å². The van der Waals surface area contributed by atoms with Crippen molar-refractivity contribution in [2.75, 3.05) is 20.2 Å². The molecule has 0 radical (unpaired) electrons. The van der Waals surface area contributed by atoms with Crippen LogP contribution in [0.1, 0.15) is 46.5 Å². The molecule has 0 aromatic heterocycles. The average molecular weight is 213 g/mol. The molecule has 0 bridgehead atoms. The molecule has 1 aliphatic rings. The summed E-state index contributed by atoms with van der Waals surface area (Å²) < 4.78 is 5.97. The second-order valence-corrected chi connectivity index (χ2v) is 4.97. The summed E-state index contributed by atoms with van der Waals surface area (Å²) in [7, 11) is 2.22. The van der Waals surface area contributed by atoms with Crippen molar-refractivity contribution in [3.05, 3.63) is 0 Å². The van der Waals surface area contributed by atoms with E-state index in [0.717, 1.165) is 12.5 Å². The lowest BCUT2D eigenvalue weighted by Gasteiger charge is -2.36. The van der Waals surface area contributed by atoms with E-state index in [1.165, 1.54) is 32.2 Å². The van der Waals surface area contributed by atoms with Gasteiger partial charge in [0.05, 0.1) is 12.7 Å². The van der Waals surface area contributed by atoms with Crippen molar-refractivity contribution in [3.8, 4) is 0 Å². The largest absolute Gasteiger partial charge is 0.376 e. The van der Waals surface area contributed by atoms with Gasteiger partial charge in [-0.25, -0.2) is 0 Å². The van der Waals surface area contributed by atoms with Crippen molar-refractivity contribution >= 4 is 0 Å². The lowest BCUT2D eigenvalue weighted by molar-refractivity contribution is -0.0550. The fourth-order valence-corrected chi connectivity index (χ4v) is 2.35. The third kappa shape index (κ3) is 3.76. The van der Waals surface area contributed by atoms with Gasteiger partial charge < -0.3 is 9.64 Å². The zero-order chi connectivity index (χ0) is 11.3. The predicted octanol–water partition coefficient (Wildman–Crippen LogP) is 2.92. The number of hydrogen-bond acceptors (Lipinski definition) is 2. The SMILES string of the molecule is CCCN(C)[C@@H]1CC[C@@H](C(C)CC)OC1. The molecule has 0 N–H and O–H groups in total. The highest BCUT2D eigenvalue weighted by Crippen LogP contribution is 2.24. The van der Waals surface area contributed by atoms with E-state index in [9.17, 15) is 0 Å². The van der Waals surface area contributed by atoms with Gasteiger partial charge in [-0.2, -0.15) is 0 Å². The van der Waals surface area contributed by atoms with E-state index in [1.54, 1.807) is 0 Å². The second-order valence-electron chi connectivity index (χ2n) is 4.97. The summed E-state index contributed by atoms with van der Waals surface area (Å²) in [6.45, 7) is 8.93. The molecule has 1 heterocycles. The van der Waals surface area contributed by atoms with Gasteiger partial charge >= 0.3 is 0 Å². The fraction of sp³-hybridized carbons (Fsp3) is 1.00. The minimum absolute atomic E-state index is 0.515. The van der Waals surface area contributed by atoms with Crippen molar-refractivity contribution in [1.29, 1.82) is 0 Å². The second kappa shape index (κ2) is 6.49. The highest BCUT2D eigenvalue weighted by Gasteiger charge is 2.26. The molecule has 0 amide bonds. The molecule has 1 aliphatic heterocycles. The Hall–Kier alpha value is -0.0800. The first kappa shape index (κ1) is 13.0. The third-order valence-corrected chi connectivity index (χ3v) is 3.77. The zero-order valence-electron chi connectivity index (χ0n) is 10.8. The first-order chi connectivity index (χ1) is 7.19. The average Bonchev–Trinajstić information content (AvgIpc) is 2.28. The van der Waals surface area contributed by atoms with E-state index in [4.69, 9.17) is 4.74 Å². The van der Waals surface area contributed by atoms with E-state index < -0.39 is 0 Å². The smallest absolute Gasteiger partial charge is 0.0625 e. The Balaban J connectivity index is 2.29. The van der Waals surface area contributed by atoms with Crippen LogP contribution in [0.5, 0.6) is 0 Å². The molecular formula is C13H27NO. The van der Waals surface area contributed by atoms with Crippen LogP contribution in [0, 0.1) is 5.92 Å². The van der Waals surface area contributed by atoms with Crippen molar-refractivity contribution < 1.29 is 4.74 Å². The van der Waals surface area contributed by atoms with Crippen molar-refractivity contribution in [2.45, 2.75) is 58.6 Å². The number of hydrogen-bond donors (Lipinski definition) is 0. The maximum absolute atomic E-state index is 5.97. The fourth-order valence-electron chi connectivity index (χ4n) is 2.35. The van der Waals surface area contributed by atoms with Crippen LogP contribution < -0.4 is 0 Å². The molecule has 1 rings (SSSR count). The van der Waals surface area contributed by atoms with Crippen LogP contribution in [0.2, 0.25) is 0 Å². The molecule has 0 aliphatic carbocycles. The van der Waals surface area contributed by atoms with Gasteiger partial charge in [0, 0.05) is 6.04 Å². The Morgan fingerprint density at radius 3 is 2.53 bits per heavy atom. The molecule has 0 saturated carbocycles. The molecule has 3 atom stereocenters. The van der Waals surface area contributed by atoms with Gasteiger partial charge in [0.25, 0.3) is 0 Å². The number of likely N-dealkylation sites (N-methyl/N-ethyl adjacent to an activating group) is 1. The summed E-state index contributed by atoms with van der Waals surface area (Å²) in [5.41, 5.74) is 0. The van der Waals surface area contributed by atoms with Gasteiger partial charge in [0.1, 0.15) is 0 Å². The number of rotatable bonds is 5. The van der Waals surface area contributed by atoms with Crippen LogP contribution in [-0.4, -0.2) is 37.2 Å². The van der Waals surface area contributed by atoms with Crippen LogP contribution in [0.3, 0.4) is 0 Å². The number of ether oxygens (including phenoxy) is 1. The molecule has 2 nitrogen and oxygen atoms in total. The highest BCUT2D eigenvalue weighted by molar-refractivity contribution is 4.78. The molecule has 90 valence electrons. The van der Waals surface area contributed by atoms with Gasteiger partial charge in [0.2, 0.25) is 0 Å². The van der Waals surface area contributed by atoms with Gasteiger partial charge in [-0.1, -0.05) is 27.2 Å². The Bertz CT molecular complexity index is 164. The predicted molar refractivity (Wildman–Crippen MR) is 65.1 cm³/mol. The lowest BCUT2D eigenvalue weighted by atomic mass is 9.93. The molecule has 0 aromatic rings. The topological polar surface area (TPSA) is 12.5 Å². The van der Waals surface area contributed by atoms with Crippen LogP contribution in [-0.2, 0) is 4.74 Å². The van der Waals surface area contributed by atoms with Crippen LogP contribution in [0.15, 0.2) is 0 Å². The first-order valence-corrected chi connectivity index (χ1v) is 6.50. The van der Waals surface area contributed by atoms with Crippen LogP contribution in [0.25, 0.3) is 0 Å². The maximum Gasteiger partial charge on any atom is 0.0625 e. The van der Waals surface area contributed by atoms with Gasteiger partial charge in [-0.3, -0.25) is 0 Å². The molecule has 0 aromatic carbocycles. The van der Waals surface area contributed by atoms with Crippen LogP contribution in [0.4, 0.5) is 0 Å². The third-order valence-electron chi connectivity index (χ3n) is 3.77. The Kier molecular flexibility index (Phi) is 5.62. The normalized spacial score (nSPS) is 29.4. The first-order valence-electron chi connectivity index (χ1n) is 6.50. The van der Waals surface area contributed by atoms with Gasteiger partial charge in [-0.05, 0) is 38.8 Å².